The second-order valence-corrected chi connectivity index (χ2v) is 7.30. The monoisotopic (exact) mass is 286 g/mol. The third-order valence-corrected chi connectivity index (χ3v) is 3.71. The Labute approximate surface area is 112 Å². The molecule has 6 nitrogen and oxygen atoms in total. The van der Waals surface area contributed by atoms with Crippen molar-refractivity contribution in [1.29, 1.82) is 0 Å². The molecule has 0 spiro atoms. The molecule has 0 atom stereocenters. The number of hydrogen-bond donors (Lipinski definition) is 2. The first-order valence-electron chi connectivity index (χ1n) is 5.78. The van der Waals surface area contributed by atoms with E-state index in [0.717, 1.165) is 0 Å². The predicted molar refractivity (Wildman–Crippen MR) is 72.7 cm³/mol. The van der Waals surface area contributed by atoms with E-state index in [1.54, 1.807) is 0 Å². The van der Waals surface area contributed by atoms with Crippen LogP contribution in [0, 0.1) is 5.41 Å². The first-order valence-corrected chi connectivity index (χ1v) is 7.44. The summed E-state index contributed by atoms with van der Waals surface area (Å²) in [5.74, 6) is -1.26. The Kier molecular flexibility index (Phi) is 4.52. The van der Waals surface area contributed by atoms with Crippen LogP contribution in [0.15, 0.2) is 18.5 Å². The lowest BCUT2D eigenvalue weighted by Crippen LogP contribution is -2.22. The fraction of sp³-hybridized carbons (Fsp3) is 0.500. The molecule has 2 N–H and O–H groups in total. The summed E-state index contributed by atoms with van der Waals surface area (Å²) in [4.78, 5) is 14.7. The van der Waals surface area contributed by atoms with Crippen LogP contribution < -0.4 is 4.72 Å². The highest BCUT2D eigenvalue weighted by atomic mass is 32.2. The maximum absolute atomic E-state index is 11.9. The highest BCUT2D eigenvalue weighted by Crippen LogP contribution is 2.21. The number of aromatic carboxylic acids is 1. The zero-order valence-corrected chi connectivity index (χ0v) is 12.0. The van der Waals surface area contributed by atoms with Crippen molar-refractivity contribution in [3.63, 3.8) is 0 Å². The van der Waals surface area contributed by atoms with E-state index in [2.05, 4.69) is 9.71 Å². The molecule has 0 aliphatic carbocycles. The Balaban J connectivity index is 2.87. The zero-order chi connectivity index (χ0) is 14.7. The van der Waals surface area contributed by atoms with Crippen LogP contribution >= 0.6 is 0 Å². The van der Waals surface area contributed by atoms with Crippen LogP contribution in [-0.4, -0.2) is 30.2 Å². The van der Waals surface area contributed by atoms with E-state index < -0.39 is 16.0 Å². The van der Waals surface area contributed by atoms with Gasteiger partial charge < -0.3 is 5.11 Å². The highest BCUT2D eigenvalue weighted by molar-refractivity contribution is 7.92. The summed E-state index contributed by atoms with van der Waals surface area (Å²) in [7, 11) is -3.58. The average molecular weight is 286 g/mol. The first kappa shape index (κ1) is 15.4. The Morgan fingerprint density at radius 2 is 2.05 bits per heavy atom. The van der Waals surface area contributed by atoms with E-state index in [4.69, 9.17) is 5.11 Å². The summed E-state index contributed by atoms with van der Waals surface area (Å²) in [5, 5.41) is 8.96. The van der Waals surface area contributed by atoms with Gasteiger partial charge in [0.15, 0.2) is 0 Å². The maximum atomic E-state index is 11.9. The molecular formula is C12H18N2O4S. The van der Waals surface area contributed by atoms with Gasteiger partial charge in [0.25, 0.3) is 0 Å². The zero-order valence-electron chi connectivity index (χ0n) is 11.2. The molecule has 0 unspecified atom stereocenters. The minimum Gasteiger partial charge on any atom is -0.478 e. The van der Waals surface area contributed by atoms with Crippen molar-refractivity contribution in [3.8, 4) is 0 Å². The molecule has 0 aliphatic heterocycles. The van der Waals surface area contributed by atoms with Crippen LogP contribution in [0.1, 0.15) is 37.6 Å². The molecule has 0 amide bonds. The number of carboxylic acid groups (broad SMARTS) is 1. The van der Waals surface area contributed by atoms with E-state index in [-0.39, 0.29) is 22.4 Å². The van der Waals surface area contributed by atoms with E-state index in [1.165, 1.54) is 18.5 Å². The fourth-order valence-corrected chi connectivity index (χ4v) is 2.80. The maximum Gasteiger partial charge on any atom is 0.337 e. The molecule has 0 fully saturated rings. The van der Waals surface area contributed by atoms with Gasteiger partial charge in [-0.1, -0.05) is 20.8 Å². The summed E-state index contributed by atoms with van der Waals surface area (Å²) in [5.41, 5.74) is -0.238. The van der Waals surface area contributed by atoms with E-state index in [9.17, 15) is 13.2 Å². The SMILES string of the molecule is CC(C)(C)CCS(=O)(=O)Nc1cnccc1C(=O)O. The normalized spacial score (nSPS) is 12.2. The minimum absolute atomic E-state index is 0.0103. The summed E-state index contributed by atoms with van der Waals surface area (Å²) in [6.45, 7) is 5.82. The molecule has 1 heterocycles. The minimum atomic E-state index is -3.58. The van der Waals surface area contributed by atoms with E-state index in [1.807, 2.05) is 20.8 Å². The van der Waals surface area contributed by atoms with Crippen LogP contribution in [0.3, 0.4) is 0 Å². The van der Waals surface area contributed by atoms with Gasteiger partial charge in [-0.15, -0.1) is 0 Å². The molecule has 0 saturated carbocycles. The average Bonchev–Trinajstić information content (AvgIpc) is 2.26. The topological polar surface area (TPSA) is 96.4 Å². The van der Waals surface area contributed by atoms with Gasteiger partial charge in [0.1, 0.15) is 0 Å². The van der Waals surface area contributed by atoms with Gasteiger partial charge >= 0.3 is 5.97 Å². The van der Waals surface area contributed by atoms with Crippen LogP contribution in [0.25, 0.3) is 0 Å². The van der Waals surface area contributed by atoms with Crippen molar-refractivity contribution in [2.75, 3.05) is 10.5 Å². The van der Waals surface area contributed by atoms with Gasteiger partial charge in [-0.2, -0.15) is 0 Å². The molecule has 0 bridgehead atoms. The third-order valence-electron chi connectivity index (χ3n) is 2.44. The highest BCUT2D eigenvalue weighted by Gasteiger charge is 2.19. The Hall–Kier alpha value is -1.63. The predicted octanol–water partition coefficient (Wildman–Crippen LogP) is 1.96. The number of nitrogens with zero attached hydrogens (tertiary/aromatic N) is 1. The van der Waals surface area contributed by atoms with Crippen molar-refractivity contribution in [2.24, 2.45) is 5.41 Å². The Morgan fingerprint density at radius 1 is 1.42 bits per heavy atom. The molecule has 0 radical (unpaired) electrons. The van der Waals surface area contributed by atoms with Crippen molar-refractivity contribution < 1.29 is 18.3 Å². The number of carboxylic acids is 1. The second kappa shape index (κ2) is 5.56. The van der Waals surface area contributed by atoms with Gasteiger partial charge in [-0.25, -0.2) is 13.2 Å². The molecule has 1 rings (SSSR count). The van der Waals surface area contributed by atoms with Gasteiger partial charge in [0, 0.05) is 6.20 Å². The number of nitrogens with one attached hydrogen (secondary N) is 1. The van der Waals surface area contributed by atoms with Crippen LogP contribution in [-0.2, 0) is 10.0 Å². The lowest BCUT2D eigenvalue weighted by molar-refractivity contribution is 0.0698. The lowest BCUT2D eigenvalue weighted by atomic mass is 9.94. The van der Waals surface area contributed by atoms with Crippen molar-refractivity contribution in [3.05, 3.63) is 24.0 Å². The quantitative estimate of drug-likeness (QED) is 0.862. The molecule has 7 heteroatoms. The Morgan fingerprint density at radius 3 is 2.58 bits per heavy atom. The lowest BCUT2D eigenvalue weighted by Gasteiger charge is -2.18. The second-order valence-electron chi connectivity index (χ2n) is 5.46. The number of carbonyl (C=O) groups is 1. The van der Waals surface area contributed by atoms with Crippen molar-refractivity contribution in [1.82, 2.24) is 4.98 Å². The molecule has 1 aromatic rings. The van der Waals surface area contributed by atoms with Gasteiger partial charge in [-0.05, 0) is 17.9 Å². The number of pyridine rings is 1. The van der Waals surface area contributed by atoms with Gasteiger partial charge in [0.2, 0.25) is 10.0 Å². The molecular weight excluding hydrogens is 268 g/mol. The van der Waals surface area contributed by atoms with Gasteiger partial charge in [0.05, 0.1) is 23.2 Å². The number of aromatic nitrogens is 1. The largest absolute Gasteiger partial charge is 0.478 e. The summed E-state index contributed by atoms with van der Waals surface area (Å²) < 4.78 is 26.0. The fourth-order valence-electron chi connectivity index (χ4n) is 1.32. The van der Waals surface area contributed by atoms with Crippen LogP contribution in [0.5, 0.6) is 0 Å². The molecule has 0 aliphatic rings. The third kappa shape index (κ3) is 5.25. The number of hydrogen-bond acceptors (Lipinski definition) is 4. The molecule has 1 aromatic heterocycles. The number of rotatable bonds is 5. The number of sulfonamides is 1. The standard InChI is InChI=1S/C12H18N2O4S/c1-12(2,3)5-7-19(17,18)14-10-8-13-6-4-9(10)11(15)16/h4,6,8,14H,5,7H2,1-3H3,(H,15,16). The van der Waals surface area contributed by atoms with Crippen LogP contribution in [0.4, 0.5) is 5.69 Å². The number of anilines is 1. The summed E-state index contributed by atoms with van der Waals surface area (Å²) >= 11 is 0. The molecule has 19 heavy (non-hydrogen) atoms. The summed E-state index contributed by atoms with van der Waals surface area (Å²) in [6.07, 6.45) is 2.97. The van der Waals surface area contributed by atoms with E-state index in [0.29, 0.717) is 6.42 Å². The summed E-state index contributed by atoms with van der Waals surface area (Å²) in [6, 6.07) is 1.25. The molecule has 106 valence electrons. The molecule has 0 saturated heterocycles. The Bertz CT molecular complexity index is 561. The van der Waals surface area contributed by atoms with Gasteiger partial charge in [-0.3, -0.25) is 9.71 Å². The van der Waals surface area contributed by atoms with Crippen molar-refractivity contribution in [2.45, 2.75) is 27.2 Å². The van der Waals surface area contributed by atoms with Crippen LogP contribution in [0.2, 0.25) is 0 Å². The van der Waals surface area contributed by atoms with Crippen molar-refractivity contribution >= 4 is 21.7 Å². The smallest absolute Gasteiger partial charge is 0.337 e. The first-order chi connectivity index (χ1) is 8.61. The molecule has 0 aromatic carbocycles. The van der Waals surface area contributed by atoms with E-state index >= 15 is 0 Å².